The van der Waals surface area contributed by atoms with Crippen LogP contribution in [0, 0.1) is 6.92 Å². The lowest BCUT2D eigenvalue weighted by Gasteiger charge is -2.07. The minimum atomic E-state index is -0.466. The van der Waals surface area contributed by atoms with Crippen molar-refractivity contribution in [3.05, 3.63) is 53.0 Å². The molecule has 3 aromatic rings. The van der Waals surface area contributed by atoms with Gasteiger partial charge in [0.25, 0.3) is 0 Å². The van der Waals surface area contributed by atoms with Gasteiger partial charge < -0.3 is 10.1 Å². The maximum absolute atomic E-state index is 12.5. The van der Waals surface area contributed by atoms with E-state index in [-0.39, 0.29) is 31.3 Å². The molecule has 0 aliphatic heterocycles. The number of benzene rings is 1. The van der Waals surface area contributed by atoms with Gasteiger partial charge in [-0.3, -0.25) is 14.2 Å². The van der Waals surface area contributed by atoms with Gasteiger partial charge in [0.2, 0.25) is 11.8 Å². The number of fused-ring (bicyclic) bond motifs is 1. The molecule has 0 fully saturated rings. The Bertz CT molecular complexity index is 1000. The van der Waals surface area contributed by atoms with Crippen LogP contribution in [0.5, 0.6) is 0 Å². The summed E-state index contributed by atoms with van der Waals surface area (Å²) in [6, 6.07) is 11.1. The number of esters is 1. The lowest BCUT2D eigenvalue weighted by atomic mass is 10.2. The zero-order chi connectivity index (χ0) is 19.4. The summed E-state index contributed by atoms with van der Waals surface area (Å²) in [5.41, 5.74) is 1.16. The number of amides is 1. The fourth-order valence-electron chi connectivity index (χ4n) is 2.80. The van der Waals surface area contributed by atoms with E-state index < -0.39 is 5.97 Å². The lowest BCUT2D eigenvalue weighted by Crippen LogP contribution is -2.17. The van der Waals surface area contributed by atoms with Gasteiger partial charge in [-0.2, -0.15) is 0 Å². The first-order valence-corrected chi connectivity index (χ1v) is 9.48. The average Bonchev–Trinajstić information content (AvgIpc) is 3.23. The van der Waals surface area contributed by atoms with E-state index in [9.17, 15) is 14.4 Å². The molecule has 27 heavy (non-hydrogen) atoms. The van der Waals surface area contributed by atoms with Crippen LogP contribution in [0.15, 0.2) is 42.6 Å². The smallest absolute Gasteiger partial charge is 0.341 e. The Morgan fingerprint density at radius 1 is 1.15 bits per heavy atom. The Labute approximate surface area is 160 Å². The number of carbonyl (C=O) groups is 3. The molecule has 0 spiro atoms. The van der Waals surface area contributed by atoms with Gasteiger partial charge in [0.1, 0.15) is 5.00 Å². The van der Waals surface area contributed by atoms with Crippen LogP contribution in [0.2, 0.25) is 0 Å². The first-order valence-electron chi connectivity index (χ1n) is 8.66. The Morgan fingerprint density at radius 2 is 1.93 bits per heavy atom. The molecule has 0 radical (unpaired) electrons. The van der Waals surface area contributed by atoms with Crippen LogP contribution in [0.25, 0.3) is 10.9 Å². The number of aromatic nitrogens is 1. The van der Waals surface area contributed by atoms with Gasteiger partial charge >= 0.3 is 5.97 Å². The molecule has 0 saturated heterocycles. The average molecular weight is 384 g/mol. The molecule has 2 heterocycles. The minimum Gasteiger partial charge on any atom is -0.462 e. The highest BCUT2D eigenvalue weighted by Gasteiger charge is 2.18. The lowest BCUT2D eigenvalue weighted by molar-refractivity contribution is -0.116. The van der Waals surface area contributed by atoms with Crippen molar-refractivity contribution in [1.82, 2.24) is 4.57 Å². The summed E-state index contributed by atoms with van der Waals surface area (Å²) in [6.45, 7) is 3.84. The molecule has 0 unspecified atom stereocenters. The van der Waals surface area contributed by atoms with Gasteiger partial charge in [-0.15, -0.1) is 11.3 Å². The van der Waals surface area contributed by atoms with Crippen molar-refractivity contribution in [3.63, 3.8) is 0 Å². The Hall–Kier alpha value is -2.93. The molecule has 0 atom stereocenters. The maximum atomic E-state index is 12.5. The Morgan fingerprint density at radius 3 is 2.70 bits per heavy atom. The molecule has 0 bridgehead atoms. The number of rotatable bonds is 6. The molecule has 7 heteroatoms. The molecule has 140 valence electrons. The molecular weight excluding hydrogens is 364 g/mol. The summed E-state index contributed by atoms with van der Waals surface area (Å²) >= 11 is 1.31. The fourth-order valence-corrected chi connectivity index (χ4v) is 3.71. The number of nitrogens with one attached hydrogen (secondary N) is 1. The van der Waals surface area contributed by atoms with Crippen LogP contribution in [0.3, 0.4) is 0 Å². The third kappa shape index (κ3) is 4.25. The third-order valence-electron chi connectivity index (χ3n) is 4.04. The molecule has 1 aromatic carbocycles. The summed E-state index contributed by atoms with van der Waals surface area (Å²) in [5.74, 6) is -0.932. The number of ether oxygens (including phenoxy) is 1. The molecule has 0 aliphatic carbocycles. The van der Waals surface area contributed by atoms with E-state index in [1.54, 1.807) is 23.8 Å². The predicted octanol–water partition coefficient (Wildman–Crippen LogP) is 4.25. The number of carbonyl (C=O) groups excluding carboxylic acids is 3. The highest BCUT2D eigenvalue weighted by Crippen LogP contribution is 2.28. The van der Waals surface area contributed by atoms with Gasteiger partial charge in [0, 0.05) is 29.3 Å². The minimum absolute atomic E-state index is 0.0323. The molecule has 0 saturated carbocycles. The number of nitrogens with zero attached hydrogens (tertiary/aromatic N) is 1. The molecular formula is C20H20N2O4S. The van der Waals surface area contributed by atoms with Crippen molar-refractivity contribution in [2.75, 3.05) is 11.9 Å². The quantitative estimate of drug-likeness (QED) is 0.645. The molecule has 3 rings (SSSR count). The summed E-state index contributed by atoms with van der Waals surface area (Å²) in [7, 11) is 0. The van der Waals surface area contributed by atoms with Crippen LogP contribution in [-0.4, -0.2) is 29.0 Å². The number of hydrogen-bond donors (Lipinski definition) is 1. The Kier molecular flexibility index (Phi) is 5.71. The van der Waals surface area contributed by atoms with Crippen LogP contribution in [-0.2, 0) is 9.53 Å². The van der Waals surface area contributed by atoms with Crippen LogP contribution >= 0.6 is 11.3 Å². The van der Waals surface area contributed by atoms with Gasteiger partial charge in [-0.25, -0.2) is 4.79 Å². The van der Waals surface area contributed by atoms with Crippen LogP contribution in [0.1, 0.15) is 39.8 Å². The first kappa shape index (κ1) is 18.8. The maximum Gasteiger partial charge on any atom is 0.341 e. The first-order chi connectivity index (χ1) is 13.0. The van der Waals surface area contributed by atoms with Crippen molar-refractivity contribution < 1.29 is 19.1 Å². The third-order valence-corrected chi connectivity index (χ3v) is 5.00. The molecule has 0 aliphatic rings. The second-order valence-electron chi connectivity index (χ2n) is 6.01. The largest absolute Gasteiger partial charge is 0.462 e. The number of para-hydroxylation sites is 1. The van der Waals surface area contributed by atoms with Crippen LogP contribution < -0.4 is 5.32 Å². The van der Waals surface area contributed by atoms with Gasteiger partial charge in [0.15, 0.2) is 0 Å². The van der Waals surface area contributed by atoms with Gasteiger partial charge in [-0.1, -0.05) is 18.2 Å². The standard InChI is InChI=1S/C20H20N2O4S/c1-3-26-20(25)15-12-13(2)27-19(15)21-17(23)8-9-18(24)22-11-10-14-6-4-5-7-16(14)22/h4-7,10-12H,3,8-9H2,1-2H3,(H,21,23). The number of anilines is 1. The normalized spacial score (nSPS) is 10.7. The van der Waals surface area contributed by atoms with Crippen LogP contribution in [0.4, 0.5) is 5.00 Å². The van der Waals surface area contributed by atoms with Crippen molar-refractivity contribution in [3.8, 4) is 0 Å². The summed E-state index contributed by atoms with van der Waals surface area (Å²) in [6.07, 6.45) is 1.82. The molecule has 2 aromatic heterocycles. The summed E-state index contributed by atoms with van der Waals surface area (Å²) < 4.78 is 6.57. The van der Waals surface area contributed by atoms with E-state index in [4.69, 9.17) is 4.74 Å². The van der Waals surface area contributed by atoms with E-state index in [0.29, 0.717) is 10.6 Å². The van der Waals surface area contributed by atoms with Crippen molar-refractivity contribution in [2.24, 2.45) is 0 Å². The second-order valence-corrected chi connectivity index (χ2v) is 7.26. The van der Waals surface area contributed by atoms with E-state index in [2.05, 4.69) is 5.32 Å². The zero-order valence-electron chi connectivity index (χ0n) is 15.2. The second kappa shape index (κ2) is 8.18. The topological polar surface area (TPSA) is 77.4 Å². The van der Waals surface area contributed by atoms with Gasteiger partial charge in [0.05, 0.1) is 17.7 Å². The van der Waals surface area contributed by atoms with Gasteiger partial charge in [-0.05, 0) is 32.0 Å². The zero-order valence-corrected chi connectivity index (χ0v) is 16.0. The Balaban J connectivity index is 1.63. The van der Waals surface area contributed by atoms with E-state index in [0.717, 1.165) is 15.8 Å². The fraction of sp³-hybridized carbons (Fsp3) is 0.250. The highest BCUT2D eigenvalue weighted by molar-refractivity contribution is 7.16. The van der Waals surface area contributed by atoms with Crippen molar-refractivity contribution in [2.45, 2.75) is 26.7 Å². The number of aryl methyl sites for hydroxylation is 1. The molecule has 1 amide bonds. The van der Waals surface area contributed by atoms with E-state index >= 15 is 0 Å². The highest BCUT2D eigenvalue weighted by atomic mass is 32.1. The number of thiophene rings is 1. The summed E-state index contributed by atoms with van der Waals surface area (Å²) in [4.78, 5) is 37.6. The molecule has 6 nitrogen and oxygen atoms in total. The van der Waals surface area contributed by atoms with E-state index in [1.165, 1.54) is 11.3 Å². The van der Waals surface area contributed by atoms with E-state index in [1.807, 2.05) is 37.3 Å². The molecule has 1 N–H and O–H groups in total. The predicted molar refractivity (Wildman–Crippen MR) is 105 cm³/mol. The SMILES string of the molecule is CCOC(=O)c1cc(C)sc1NC(=O)CCC(=O)n1ccc2ccccc21. The van der Waals surface area contributed by atoms with Crippen molar-refractivity contribution in [1.29, 1.82) is 0 Å². The van der Waals surface area contributed by atoms with Crippen molar-refractivity contribution >= 4 is 45.0 Å². The number of hydrogen-bond acceptors (Lipinski definition) is 5. The monoisotopic (exact) mass is 384 g/mol. The summed E-state index contributed by atoms with van der Waals surface area (Å²) in [5, 5.41) is 4.15.